The van der Waals surface area contributed by atoms with Crippen molar-refractivity contribution in [3.63, 3.8) is 0 Å². The summed E-state index contributed by atoms with van der Waals surface area (Å²) in [6, 6.07) is 6.62. The Morgan fingerprint density at radius 1 is 1.35 bits per heavy atom. The SMILES string of the molecule is Cc1ncn(CC2=NN(C3CCCCO3)CC=C2)c(=O)c1Oc1cc(Cl)cc(C#N)c1. The predicted octanol–water partition coefficient (Wildman–Crippen LogP) is 3.62. The number of aryl methyl sites for hydroxylation is 1. The molecule has 1 aromatic carbocycles. The molecule has 0 spiro atoms. The van der Waals surface area contributed by atoms with E-state index in [9.17, 15) is 4.79 Å². The van der Waals surface area contributed by atoms with E-state index in [1.165, 1.54) is 23.0 Å². The van der Waals surface area contributed by atoms with Crippen molar-refractivity contribution in [1.82, 2.24) is 14.6 Å². The second-order valence-electron chi connectivity index (χ2n) is 7.42. The van der Waals surface area contributed by atoms with Crippen LogP contribution in [0.4, 0.5) is 0 Å². The number of hydrazone groups is 1. The van der Waals surface area contributed by atoms with Gasteiger partial charge in [0.2, 0.25) is 5.75 Å². The number of hydrogen-bond donors (Lipinski definition) is 0. The van der Waals surface area contributed by atoms with Crippen LogP contribution in [0.3, 0.4) is 0 Å². The van der Waals surface area contributed by atoms with Crippen LogP contribution in [0.5, 0.6) is 11.5 Å². The molecule has 0 aliphatic carbocycles. The third-order valence-electron chi connectivity index (χ3n) is 5.07. The van der Waals surface area contributed by atoms with Crippen LogP contribution in [0.2, 0.25) is 5.02 Å². The Morgan fingerprint density at radius 3 is 3.00 bits per heavy atom. The summed E-state index contributed by atoms with van der Waals surface area (Å²) in [6.07, 6.45) is 8.51. The van der Waals surface area contributed by atoms with Gasteiger partial charge in [-0.2, -0.15) is 10.4 Å². The van der Waals surface area contributed by atoms with Gasteiger partial charge in [-0.25, -0.2) is 4.98 Å². The maximum atomic E-state index is 13.1. The highest BCUT2D eigenvalue weighted by Crippen LogP contribution is 2.25. The number of allylic oxidation sites excluding steroid dienone is 1. The van der Waals surface area contributed by atoms with E-state index in [1.807, 2.05) is 23.2 Å². The summed E-state index contributed by atoms with van der Waals surface area (Å²) in [7, 11) is 0. The van der Waals surface area contributed by atoms with Crippen molar-refractivity contribution in [2.45, 2.75) is 39.0 Å². The molecule has 31 heavy (non-hydrogen) atoms. The molecule has 0 amide bonds. The number of hydrogen-bond acceptors (Lipinski definition) is 7. The monoisotopic (exact) mass is 439 g/mol. The van der Waals surface area contributed by atoms with Crippen LogP contribution in [-0.2, 0) is 11.3 Å². The van der Waals surface area contributed by atoms with Gasteiger partial charge < -0.3 is 9.47 Å². The van der Waals surface area contributed by atoms with Crippen LogP contribution in [0, 0.1) is 18.3 Å². The highest BCUT2D eigenvalue weighted by molar-refractivity contribution is 6.30. The summed E-state index contributed by atoms with van der Waals surface area (Å²) in [6.45, 7) is 3.37. The lowest BCUT2D eigenvalue weighted by atomic mass is 10.2. The first-order valence-electron chi connectivity index (χ1n) is 10.1. The Bertz CT molecular complexity index is 1130. The number of benzene rings is 1. The van der Waals surface area contributed by atoms with Crippen molar-refractivity contribution in [2.24, 2.45) is 5.10 Å². The first-order valence-corrected chi connectivity index (χ1v) is 10.5. The van der Waals surface area contributed by atoms with E-state index < -0.39 is 0 Å². The summed E-state index contributed by atoms with van der Waals surface area (Å²) in [5, 5.41) is 16.1. The van der Waals surface area contributed by atoms with Gasteiger partial charge in [-0.3, -0.25) is 14.4 Å². The maximum absolute atomic E-state index is 13.1. The van der Waals surface area contributed by atoms with E-state index in [1.54, 1.807) is 13.0 Å². The minimum Gasteiger partial charge on any atom is -0.450 e. The number of rotatable bonds is 5. The van der Waals surface area contributed by atoms with Crippen LogP contribution in [0.15, 0.2) is 46.6 Å². The Labute approximate surface area is 185 Å². The average molecular weight is 440 g/mol. The molecule has 1 unspecified atom stereocenters. The molecule has 1 saturated heterocycles. The molecule has 160 valence electrons. The molecule has 9 heteroatoms. The fraction of sp³-hybridized carbons (Fsp3) is 0.364. The Kier molecular flexibility index (Phi) is 6.35. The third-order valence-corrected chi connectivity index (χ3v) is 5.29. The van der Waals surface area contributed by atoms with Gasteiger partial charge >= 0.3 is 0 Å². The van der Waals surface area contributed by atoms with E-state index in [2.05, 4.69) is 10.1 Å². The van der Waals surface area contributed by atoms with Gasteiger partial charge in [0.1, 0.15) is 12.0 Å². The number of aromatic nitrogens is 2. The zero-order chi connectivity index (χ0) is 21.8. The number of nitrogens with zero attached hydrogens (tertiary/aromatic N) is 5. The highest BCUT2D eigenvalue weighted by Gasteiger charge is 2.22. The molecule has 0 radical (unpaired) electrons. The second kappa shape index (κ2) is 9.33. The number of nitriles is 1. The average Bonchev–Trinajstić information content (AvgIpc) is 2.79. The predicted molar refractivity (Wildman–Crippen MR) is 116 cm³/mol. The summed E-state index contributed by atoms with van der Waals surface area (Å²) in [5.41, 5.74) is 1.18. The van der Waals surface area contributed by atoms with Crippen molar-refractivity contribution in [2.75, 3.05) is 13.2 Å². The summed E-state index contributed by atoms with van der Waals surface area (Å²) in [5.74, 6) is 0.390. The van der Waals surface area contributed by atoms with Gasteiger partial charge in [-0.1, -0.05) is 17.7 Å². The van der Waals surface area contributed by atoms with E-state index in [0.29, 0.717) is 28.6 Å². The quantitative estimate of drug-likeness (QED) is 0.706. The summed E-state index contributed by atoms with van der Waals surface area (Å²) < 4.78 is 13.1. The fourth-order valence-electron chi connectivity index (χ4n) is 3.52. The zero-order valence-electron chi connectivity index (χ0n) is 17.1. The lowest BCUT2D eigenvalue weighted by Crippen LogP contribution is -2.38. The van der Waals surface area contributed by atoms with Gasteiger partial charge in [0.05, 0.1) is 42.5 Å². The van der Waals surface area contributed by atoms with Gasteiger partial charge in [0.15, 0.2) is 0 Å². The molecule has 4 rings (SSSR count). The van der Waals surface area contributed by atoms with Gasteiger partial charge in [0, 0.05) is 11.6 Å². The zero-order valence-corrected chi connectivity index (χ0v) is 17.9. The molecule has 0 N–H and O–H groups in total. The van der Waals surface area contributed by atoms with Crippen molar-refractivity contribution >= 4 is 17.3 Å². The minimum absolute atomic E-state index is 0.0300. The van der Waals surface area contributed by atoms with Crippen molar-refractivity contribution < 1.29 is 9.47 Å². The Hall–Kier alpha value is -3.15. The molecular formula is C22H22ClN5O3. The Morgan fingerprint density at radius 2 is 2.23 bits per heavy atom. The maximum Gasteiger partial charge on any atom is 0.296 e. The van der Waals surface area contributed by atoms with Crippen LogP contribution >= 0.6 is 11.6 Å². The van der Waals surface area contributed by atoms with Gasteiger partial charge in [-0.15, -0.1) is 0 Å². The molecular weight excluding hydrogens is 418 g/mol. The lowest BCUT2D eigenvalue weighted by molar-refractivity contribution is -0.0813. The standard InChI is InChI=1S/C22H22ClN5O3/c1-15-21(31-19-10-16(12-24)9-17(23)11-19)22(29)27(14-25-15)13-18-5-4-7-28(26-18)20-6-2-3-8-30-20/h4-5,9-11,14,20H,2-3,6-8,13H2,1H3. The Balaban J connectivity index is 1.57. The molecule has 2 aromatic rings. The minimum atomic E-state index is -0.340. The normalized spacial score (nSPS) is 18.4. The van der Waals surface area contributed by atoms with Crippen LogP contribution in [0.1, 0.15) is 30.5 Å². The fourth-order valence-corrected chi connectivity index (χ4v) is 3.75. The van der Waals surface area contributed by atoms with E-state index in [0.717, 1.165) is 31.6 Å². The molecule has 1 atom stereocenters. The summed E-state index contributed by atoms with van der Waals surface area (Å²) in [4.78, 5) is 17.4. The molecule has 8 nitrogen and oxygen atoms in total. The van der Waals surface area contributed by atoms with Gasteiger partial charge in [-0.05, 0) is 50.5 Å². The van der Waals surface area contributed by atoms with E-state index in [4.69, 9.17) is 26.3 Å². The molecule has 3 heterocycles. The highest BCUT2D eigenvalue weighted by atomic mass is 35.5. The van der Waals surface area contributed by atoms with Crippen LogP contribution in [-0.4, -0.2) is 39.7 Å². The number of ether oxygens (including phenoxy) is 2. The van der Waals surface area contributed by atoms with E-state index in [-0.39, 0.29) is 24.1 Å². The first kappa shape index (κ1) is 21.1. The second-order valence-corrected chi connectivity index (χ2v) is 7.86. The van der Waals surface area contributed by atoms with Crippen molar-refractivity contribution in [3.8, 4) is 17.6 Å². The largest absolute Gasteiger partial charge is 0.450 e. The van der Waals surface area contributed by atoms with Crippen molar-refractivity contribution in [3.05, 3.63) is 63.3 Å². The van der Waals surface area contributed by atoms with Gasteiger partial charge in [0.25, 0.3) is 5.56 Å². The molecule has 0 bridgehead atoms. The smallest absolute Gasteiger partial charge is 0.296 e. The molecule has 1 aromatic heterocycles. The molecule has 0 saturated carbocycles. The first-order chi connectivity index (χ1) is 15.0. The third kappa shape index (κ3) is 4.95. The van der Waals surface area contributed by atoms with Crippen LogP contribution in [0.25, 0.3) is 0 Å². The summed E-state index contributed by atoms with van der Waals surface area (Å²) >= 11 is 6.04. The number of halogens is 1. The van der Waals surface area contributed by atoms with Crippen LogP contribution < -0.4 is 10.3 Å². The topological polar surface area (TPSA) is 92.7 Å². The molecule has 2 aliphatic rings. The molecule has 2 aliphatic heterocycles. The van der Waals surface area contributed by atoms with Crippen molar-refractivity contribution in [1.29, 1.82) is 5.26 Å². The molecule has 1 fully saturated rings. The van der Waals surface area contributed by atoms with E-state index >= 15 is 0 Å². The lowest BCUT2D eigenvalue weighted by Gasteiger charge is -2.33.